The zero-order valence-corrected chi connectivity index (χ0v) is 17.3. The van der Waals surface area contributed by atoms with Crippen LogP contribution in [-0.2, 0) is 11.3 Å². The SMILES string of the molecule is CCNC(=NCc1coc(-c2ccc(C)cc2)n1)NCC1(CCOC)CCC1. The van der Waals surface area contributed by atoms with Gasteiger partial charge in [0.2, 0.25) is 5.89 Å². The van der Waals surface area contributed by atoms with E-state index in [4.69, 9.17) is 9.15 Å². The van der Waals surface area contributed by atoms with Crippen molar-refractivity contribution in [3.05, 3.63) is 41.8 Å². The molecule has 2 N–H and O–H groups in total. The molecule has 1 heterocycles. The van der Waals surface area contributed by atoms with Crippen LogP contribution in [0, 0.1) is 12.3 Å². The molecule has 1 aromatic heterocycles. The number of hydrogen-bond acceptors (Lipinski definition) is 4. The van der Waals surface area contributed by atoms with Crippen molar-refractivity contribution < 1.29 is 9.15 Å². The second kappa shape index (κ2) is 9.73. The first-order chi connectivity index (χ1) is 13.6. The number of rotatable bonds is 9. The van der Waals surface area contributed by atoms with Crippen LogP contribution < -0.4 is 10.6 Å². The van der Waals surface area contributed by atoms with Crippen LogP contribution in [0.1, 0.15) is 43.9 Å². The maximum atomic E-state index is 5.63. The summed E-state index contributed by atoms with van der Waals surface area (Å²) in [4.78, 5) is 9.26. The minimum Gasteiger partial charge on any atom is -0.444 e. The Morgan fingerprint density at radius 1 is 1.25 bits per heavy atom. The van der Waals surface area contributed by atoms with Gasteiger partial charge in [-0.15, -0.1) is 0 Å². The molecule has 28 heavy (non-hydrogen) atoms. The highest BCUT2D eigenvalue weighted by Gasteiger charge is 2.36. The van der Waals surface area contributed by atoms with E-state index in [2.05, 4.69) is 46.6 Å². The number of nitrogens with one attached hydrogen (secondary N) is 2. The fraction of sp³-hybridized carbons (Fsp3) is 0.545. The summed E-state index contributed by atoms with van der Waals surface area (Å²) < 4.78 is 10.9. The minimum absolute atomic E-state index is 0.346. The predicted molar refractivity (Wildman–Crippen MR) is 112 cm³/mol. The van der Waals surface area contributed by atoms with E-state index in [-0.39, 0.29) is 0 Å². The summed E-state index contributed by atoms with van der Waals surface area (Å²) in [7, 11) is 1.77. The highest BCUT2D eigenvalue weighted by molar-refractivity contribution is 5.79. The number of methoxy groups -OCH3 is 1. The summed E-state index contributed by atoms with van der Waals surface area (Å²) in [5, 5.41) is 6.84. The van der Waals surface area contributed by atoms with Crippen LogP contribution in [0.25, 0.3) is 11.5 Å². The molecule has 1 saturated carbocycles. The molecule has 1 aliphatic carbocycles. The second-order valence-electron chi connectivity index (χ2n) is 7.66. The molecule has 0 unspecified atom stereocenters. The summed E-state index contributed by atoms with van der Waals surface area (Å²) in [6, 6.07) is 8.17. The molecule has 0 amide bonds. The number of ether oxygens (including phenoxy) is 1. The number of aryl methyl sites for hydroxylation is 1. The molecule has 0 saturated heterocycles. The molecule has 3 rings (SSSR count). The molecule has 2 aromatic rings. The molecule has 1 fully saturated rings. The molecule has 0 aliphatic heterocycles. The molecule has 0 spiro atoms. The summed E-state index contributed by atoms with van der Waals surface area (Å²) in [5.41, 5.74) is 3.37. The fourth-order valence-corrected chi connectivity index (χ4v) is 3.49. The van der Waals surface area contributed by atoms with Crippen LogP contribution in [0.2, 0.25) is 0 Å². The molecule has 6 nitrogen and oxygen atoms in total. The van der Waals surface area contributed by atoms with Crippen molar-refractivity contribution in [1.29, 1.82) is 0 Å². The van der Waals surface area contributed by atoms with Crippen molar-refractivity contribution in [3.63, 3.8) is 0 Å². The largest absolute Gasteiger partial charge is 0.444 e. The van der Waals surface area contributed by atoms with Gasteiger partial charge in [-0.2, -0.15) is 0 Å². The third-order valence-corrected chi connectivity index (χ3v) is 5.48. The van der Waals surface area contributed by atoms with Gasteiger partial charge in [0.1, 0.15) is 12.0 Å². The lowest BCUT2D eigenvalue weighted by Crippen LogP contribution is -2.46. The van der Waals surface area contributed by atoms with Crippen molar-refractivity contribution in [2.75, 3.05) is 26.8 Å². The van der Waals surface area contributed by atoms with Crippen LogP contribution in [0.15, 0.2) is 39.9 Å². The molecular formula is C22H32N4O2. The monoisotopic (exact) mass is 384 g/mol. The smallest absolute Gasteiger partial charge is 0.226 e. The Labute approximate surface area is 167 Å². The normalized spacial score (nSPS) is 15.9. The minimum atomic E-state index is 0.346. The highest BCUT2D eigenvalue weighted by Crippen LogP contribution is 2.43. The Kier molecular flexibility index (Phi) is 7.09. The van der Waals surface area contributed by atoms with Crippen molar-refractivity contribution >= 4 is 5.96 Å². The Balaban J connectivity index is 1.59. The average molecular weight is 385 g/mol. The first-order valence-corrected chi connectivity index (χ1v) is 10.2. The first-order valence-electron chi connectivity index (χ1n) is 10.2. The van der Waals surface area contributed by atoms with Crippen molar-refractivity contribution in [2.45, 2.75) is 46.1 Å². The zero-order chi connectivity index (χ0) is 19.8. The highest BCUT2D eigenvalue weighted by atomic mass is 16.5. The van der Waals surface area contributed by atoms with Gasteiger partial charge >= 0.3 is 0 Å². The van der Waals surface area contributed by atoms with E-state index in [1.807, 2.05) is 12.1 Å². The third kappa shape index (κ3) is 5.35. The van der Waals surface area contributed by atoms with Gasteiger partial charge in [-0.1, -0.05) is 24.1 Å². The van der Waals surface area contributed by atoms with Crippen molar-refractivity contribution in [3.8, 4) is 11.5 Å². The van der Waals surface area contributed by atoms with Crippen molar-refractivity contribution in [2.24, 2.45) is 10.4 Å². The van der Waals surface area contributed by atoms with Crippen LogP contribution in [0.4, 0.5) is 0 Å². The van der Waals surface area contributed by atoms with E-state index >= 15 is 0 Å². The quantitative estimate of drug-likeness (QED) is 0.507. The van der Waals surface area contributed by atoms with Gasteiger partial charge in [0.05, 0.1) is 6.54 Å². The molecular weight excluding hydrogens is 352 g/mol. The molecule has 1 aliphatic rings. The predicted octanol–water partition coefficient (Wildman–Crippen LogP) is 3.91. The lowest BCUT2D eigenvalue weighted by molar-refractivity contribution is 0.0732. The summed E-state index contributed by atoms with van der Waals surface area (Å²) in [6.45, 7) is 7.19. The molecule has 0 atom stereocenters. The van der Waals surface area contributed by atoms with Crippen LogP contribution >= 0.6 is 0 Å². The standard InChI is InChI=1S/C22H32N4O2/c1-4-23-21(25-16-22(10-5-11-22)12-13-27-3)24-14-19-15-28-20(26-19)18-8-6-17(2)7-9-18/h6-9,15H,4-5,10-14,16H2,1-3H3,(H2,23,24,25). The van der Waals surface area contributed by atoms with Gasteiger partial charge in [0, 0.05) is 32.4 Å². The average Bonchev–Trinajstić information content (AvgIpc) is 3.14. The lowest BCUT2D eigenvalue weighted by Gasteiger charge is -2.42. The molecule has 6 heteroatoms. The van der Waals surface area contributed by atoms with Crippen molar-refractivity contribution in [1.82, 2.24) is 15.6 Å². The summed E-state index contributed by atoms with van der Waals surface area (Å²) >= 11 is 0. The van der Waals surface area contributed by atoms with Gasteiger partial charge in [0.25, 0.3) is 0 Å². The van der Waals surface area contributed by atoms with E-state index in [9.17, 15) is 0 Å². The van der Waals surface area contributed by atoms with Crippen LogP contribution in [-0.4, -0.2) is 37.7 Å². The Morgan fingerprint density at radius 3 is 2.68 bits per heavy atom. The molecule has 152 valence electrons. The van der Waals surface area contributed by atoms with E-state index in [1.165, 1.54) is 24.8 Å². The van der Waals surface area contributed by atoms with Gasteiger partial charge < -0.3 is 19.8 Å². The van der Waals surface area contributed by atoms with E-state index < -0.39 is 0 Å². The number of hydrogen-bond donors (Lipinski definition) is 2. The number of aliphatic imine (C=N–C) groups is 1. The van der Waals surface area contributed by atoms with Gasteiger partial charge in [-0.05, 0) is 50.7 Å². The van der Waals surface area contributed by atoms with Gasteiger partial charge in [-0.25, -0.2) is 9.98 Å². The number of guanidine groups is 1. The number of benzene rings is 1. The lowest BCUT2D eigenvalue weighted by atomic mass is 9.67. The van der Waals surface area contributed by atoms with E-state index in [1.54, 1.807) is 13.4 Å². The van der Waals surface area contributed by atoms with E-state index in [0.29, 0.717) is 17.9 Å². The van der Waals surface area contributed by atoms with Gasteiger partial charge in [-0.3, -0.25) is 0 Å². The maximum Gasteiger partial charge on any atom is 0.226 e. The first kappa shape index (κ1) is 20.4. The molecule has 1 aromatic carbocycles. The van der Waals surface area contributed by atoms with Gasteiger partial charge in [0.15, 0.2) is 5.96 Å². The topological polar surface area (TPSA) is 71.7 Å². The molecule has 0 radical (unpaired) electrons. The molecule has 0 bridgehead atoms. The second-order valence-corrected chi connectivity index (χ2v) is 7.66. The third-order valence-electron chi connectivity index (χ3n) is 5.48. The Hall–Kier alpha value is -2.34. The fourth-order valence-electron chi connectivity index (χ4n) is 3.49. The Bertz CT molecular complexity index is 763. The van der Waals surface area contributed by atoms with Crippen LogP contribution in [0.3, 0.4) is 0 Å². The number of oxazole rings is 1. The summed E-state index contributed by atoms with van der Waals surface area (Å²) in [6.07, 6.45) is 6.60. The maximum absolute atomic E-state index is 5.63. The van der Waals surface area contributed by atoms with E-state index in [0.717, 1.165) is 43.3 Å². The summed E-state index contributed by atoms with van der Waals surface area (Å²) in [5.74, 6) is 1.46. The van der Waals surface area contributed by atoms with Crippen LogP contribution in [0.5, 0.6) is 0 Å². The Morgan fingerprint density at radius 2 is 2.04 bits per heavy atom. The zero-order valence-electron chi connectivity index (χ0n) is 17.3. The number of nitrogens with zero attached hydrogens (tertiary/aromatic N) is 2. The number of aromatic nitrogens is 1.